The second kappa shape index (κ2) is 6.39. The number of amides is 1. The van der Waals surface area contributed by atoms with E-state index in [4.69, 9.17) is 0 Å². The fraction of sp³-hybridized carbons (Fsp3) is 0.667. The topological polar surface area (TPSA) is 59.0 Å². The average molecular weight is 236 g/mol. The van der Waals surface area contributed by atoms with Gasteiger partial charge in [0.2, 0.25) is 5.91 Å². The molecule has 5 heteroatoms. The highest BCUT2D eigenvalue weighted by Gasteiger charge is 2.13. The van der Waals surface area contributed by atoms with Crippen molar-refractivity contribution in [2.75, 3.05) is 19.6 Å². The molecular weight excluding hydrogens is 216 g/mol. The first-order valence-corrected chi connectivity index (χ1v) is 6.29. The van der Waals surface area contributed by atoms with Crippen molar-refractivity contribution in [3.63, 3.8) is 0 Å². The van der Waals surface area contributed by atoms with Crippen LogP contribution in [0.4, 0.5) is 0 Å². The van der Waals surface area contributed by atoms with Gasteiger partial charge < -0.3 is 10.6 Å². The molecule has 0 aliphatic carbocycles. The van der Waals surface area contributed by atoms with Crippen LogP contribution in [0, 0.1) is 5.92 Å². The Hall–Kier alpha value is -1.36. The van der Waals surface area contributed by atoms with E-state index < -0.39 is 0 Å². The van der Waals surface area contributed by atoms with Crippen LogP contribution in [-0.4, -0.2) is 35.3 Å². The maximum Gasteiger partial charge on any atom is 0.221 e. The zero-order valence-corrected chi connectivity index (χ0v) is 10.1. The first-order valence-electron chi connectivity index (χ1n) is 6.29. The van der Waals surface area contributed by atoms with Crippen LogP contribution in [-0.2, 0) is 11.3 Å². The van der Waals surface area contributed by atoms with Crippen molar-refractivity contribution in [1.29, 1.82) is 0 Å². The van der Waals surface area contributed by atoms with Crippen LogP contribution in [0.5, 0.6) is 0 Å². The summed E-state index contributed by atoms with van der Waals surface area (Å²) < 4.78 is 1.78. The Labute approximate surface area is 102 Å². The largest absolute Gasteiger partial charge is 0.356 e. The van der Waals surface area contributed by atoms with E-state index in [0.29, 0.717) is 18.9 Å². The molecule has 2 heterocycles. The average Bonchev–Trinajstić information content (AvgIpc) is 2.88. The van der Waals surface area contributed by atoms with Gasteiger partial charge in [0.1, 0.15) is 0 Å². The highest BCUT2D eigenvalue weighted by atomic mass is 16.1. The van der Waals surface area contributed by atoms with Gasteiger partial charge in [0.15, 0.2) is 0 Å². The molecule has 0 bridgehead atoms. The smallest absolute Gasteiger partial charge is 0.221 e. The van der Waals surface area contributed by atoms with E-state index in [-0.39, 0.29) is 5.91 Å². The number of hydrogen-bond donors (Lipinski definition) is 2. The molecule has 2 rings (SSSR count). The van der Waals surface area contributed by atoms with E-state index in [1.807, 2.05) is 12.3 Å². The zero-order valence-electron chi connectivity index (χ0n) is 10.1. The van der Waals surface area contributed by atoms with E-state index in [1.165, 1.54) is 12.8 Å². The third-order valence-electron chi connectivity index (χ3n) is 3.11. The number of rotatable bonds is 5. The molecule has 0 saturated carbocycles. The number of carbonyl (C=O) groups excluding carboxylic acids is 1. The van der Waals surface area contributed by atoms with Crippen LogP contribution in [0.15, 0.2) is 18.5 Å². The monoisotopic (exact) mass is 236 g/mol. The van der Waals surface area contributed by atoms with Gasteiger partial charge in [-0.15, -0.1) is 0 Å². The summed E-state index contributed by atoms with van der Waals surface area (Å²) in [5.41, 5.74) is 0. The Bertz CT molecular complexity index is 330. The summed E-state index contributed by atoms with van der Waals surface area (Å²) in [6, 6.07) is 1.87. The van der Waals surface area contributed by atoms with E-state index in [0.717, 1.165) is 19.6 Å². The highest BCUT2D eigenvalue weighted by molar-refractivity contribution is 5.75. The van der Waals surface area contributed by atoms with Crippen LogP contribution < -0.4 is 10.6 Å². The van der Waals surface area contributed by atoms with Crippen LogP contribution in [0.2, 0.25) is 0 Å². The fourth-order valence-corrected chi connectivity index (χ4v) is 2.09. The second-order valence-electron chi connectivity index (χ2n) is 4.54. The molecule has 17 heavy (non-hydrogen) atoms. The molecule has 0 spiro atoms. The molecule has 1 aliphatic rings. The van der Waals surface area contributed by atoms with Gasteiger partial charge in [-0.25, -0.2) is 0 Å². The first kappa shape index (κ1) is 12.1. The molecule has 1 aliphatic heterocycles. The molecule has 1 atom stereocenters. The predicted molar refractivity (Wildman–Crippen MR) is 65.4 cm³/mol. The Morgan fingerprint density at radius 1 is 1.59 bits per heavy atom. The Balaban J connectivity index is 1.60. The second-order valence-corrected chi connectivity index (χ2v) is 4.54. The van der Waals surface area contributed by atoms with E-state index in [9.17, 15) is 4.79 Å². The van der Waals surface area contributed by atoms with E-state index in [1.54, 1.807) is 10.9 Å². The van der Waals surface area contributed by atoms with Crippen LogP contribution >= 0.6 is 0 Å². The number of nitrogens with one attached hydrogen (secondary N) is 2. The maximum atomic E-state index is 11.6. The lowest BCUT2D eigenvalue weighted by Crippen LogP contribution is -2.38. The van der Waals surface area contributed by atoms with Crippen LogP contribution in [0.3, 0.4) is 0 Å². The number of carbonyl (C=O) groups is 1. The highest BCUT2D eigenvalue weighted by Crippen LogP contribution is 2.08. The van der Waals surface area contributed by atoms with Crippen LogP contribution in [0.25, 0.3) is 0 Å². The van der Waals surface area contributed by atoms with Gasteiger partial charge in [0.25, 0.3) is 0 Å². The Morgan fingerprint density at radius 3 is 3.24 bits per heavy atom. The van der Waals surface area contributed by atoms with Crippen molar-refractivity contribution >= 4 is 5.91 Å². The summed E-state index contributed by atoms with van der Waals surface area (Å²) in [5.74, 6) is 0.712. The minimum Gasteiger partial charge on any atom is -0.356 e. The molecule has 5 nitrogen and oxygen atoms in total. The van der Waals surface area contributed by atoms with Crippen molar-refractivity contribution < 1.29 is 4.79 Å². The van der Waals surface area contributed by atoms with Gasteiger partial charge >= 0.3 is 0 Å². The number of piperidine rings is 1. The minimum absolute atomic E-state index is 0.117. The summed E-state index contributed by atoms with van der Waals surface area (Å²) in [6.45, 7) is 3.59. The van der Waals surface area contributed by atoms with Gasteiger partial charge in [-0.05, 0) is 37.9 Å². The zero-order chi connectivity index (χ0) is 11.9. The molecule has 2 N–H and O–H groups in total. The fourth-order valence-electron chi connectivity index (χ4n) is 2.09. The summed E-state index contributed by atoms with van der Waals surface area (Å²) in [5, 5.41) is 10.4. The molecule has 1 unspecified atom stereocenters. The van der Waals surface area contributed by atoms with Gasteiger partial charge in [-0.3, -0.25) is 9.48 Å². The van der Waals surface area contributed by atoms with Crippen molar-refractivity contribution in [1.82, 2.24) is 20.4 Å². The SMILES string of the molecule is O=C(CCn1cccn1)NCC1CCCNC1. The van der Waals surface area contributed by atoms with Gasteiger partial charge in [-0.2, -0.15) is 5.10 Å². The molecule has 0 radical (unpaired) electrons. The first-order chi connectivity index (χ1) is 8.34. The third kappa shape index (κ3) is 4.19. The summed E-state index contributed by atoms with van der Waals surface area (Å²) in [7, 11) is 0. The normalized spacial score (nSPS) is 20.1. The standard InChI is InChI=1S/C12H20N4O/c17-12(4-8-16-7-2-6-15-16)14-10-11-3-1-5-13-9-11/h2,6-7,11,13H,1,3-5,8-10H2,(H,14,17). The van der Waals surface area contributed by atoms with Gasteiger partial charge in [0, 0.05) is 31.9 Å². The Kier molecular flexibility index (Phi) is 4.55. The Morgan fingerprint density at radius 2 is 2.53 bits per heavy atom. The summed E-state index contributed by atoms with van der Waals surface area (Å²) >= 11 is 0. The lowest BCUT2D eigenvalue weighted by atomic mass is 10.00. The van der Waals surface area contributed by atoms with Crippen molar-refractivity contribution in [3.8, 4) is 0 Å². The molecular formula is C12H20N4O. The third-order valence-corrected chi connectivity index (χ3v) is 3.11. The molecule has 1 aromatic heterocycles. The van der Waals surface area contributed by atoms with Crippen molar-refractivity contribution in [3.05, 3.63) is 18.5 Å². The van der Waals surface area contributed by atoms with Crippen molar-refractivity contribution in [2.24, 2.45) is 5.92 Å². The predicted octanol–water partition coefficient (Wildman–Crippen LogP) is 0.389. The van der Waals surface area contributed by atoms with Crippen LogP contribution in [0.1, 0.15) is 19.3 Å². The van der Waals surface area contributed by atoms with Gasteiger partial charge in [-0.1, -0.05) is 0 Å². The minimum atomic E-state index is 0.117. The quantitative estimate of drug-likeness (QED) is 0.777. The summed E-state index contributed by atoms with van der Waals surface area (Å²) in [4.78, 5) is 11.6. The van der Waals surface area contributed by atoms with Gasteiger partial charge in [0.05, 0.1) is 0 Å². The number of nitrogens with zero attached hydrogens (tertiary/aromatic N) is 2. The van der Waals surface area contributed by atoms with E-state index >= 15 is 0 Å². The molecule has 1 saturated heterocycles. The maximum absolute atomic E-state index is 11.6. The molecule has 1 aromatic rings. The van der Waals surface area contributed by atoms with E-state index in [2.05, 4.69) is 15.7 Å². The lowest BCUT2D eigenvalue weighted by molar-refractivity contribution is -0.121. The van der Waals surface area contributed by atoms with Crippen molar-refractivity contribution in [2.45, 2.75) is 25.8 Å². The molecule has 0 aromatic carbocycles. The molecule has 94 valence electrons. The number of hydrogen-bond acceptors (Lipinski definition) is 3. The number of aromatic nitrogens is 2. The number of aryl methyl sites for hydroxylation is 1. The lowest BCUT2D eigenvalue weighted by Gasteiger charge is -2.22. The molecule has 1 amide bonds. The summed E-state index contributed by atoms with van der Waals surface area (Å²) in [6.07, 6.45) is 6.53. The molecule has 1 fully saturated rings.